The van der Waals surface area contributed by atoms with Crippen LogP contribution in [0.5, 0.6) is 0 Å². The van der Waals surface area contributed by atoms with E-state index in [1.165, 1.54) is 0 Å². The first-order valence-corrected chi connectivity index (χ1v) is 8.99. The molecule has 0 saturated carbocycles. The first-order chi connectivity index (χ1) is 12.7. The molecular weight excluding hydrogens is 392 g/mol. The number of carbonyl (C=O) groups is 1. The third-order valence-electron chi connectivity index (χ3n) is 4.26. The van der Waals surface area contributed by atoms with Gasteiger partial charge in [-0.1, -0.05) is 34.1 Å². The van der Waals surface area contributed by atoms with Crippen molar-refractivity contribution in [2.75, 3.05) is 0 Å². The van der Waals surface area contributed by atoms with Crippen LogP contribution in [0.15, 0.2) is 82.8 Å². The average molecular weight is 407 g/mol. The van der Waals surface area contributed by atoms with Gasteiger partial charge in [-0.05, 0) is 42.0 Å². The number of nitrogens with zero attached hydrogens (tertiary/aromatic N) is 4. The number of hydrogen-bond acceptors (Lipinski definition) is 4. The fourth-order valence-electron chi connectivity index (χ4n) is 2.96. The van der Waals surface area contributed by atoms with E-state index in [9.17, 15) is 4.79 Å². The molecule has 1 unspecified atom stereocenters. The normalized spacial score (nSPS) is 16.4. The van der Waals surface area contributed by atoms with Gasteiger partial charge in [0.2, 0.25) is 0 Å². The number of hydrazone groups is 1. The van der Waals surface area contributed by atoms with Gasteiger partial charge in [0.1, 0.15) is 0 Å². The van der Waals surface area contributed by atoms with Crippen LogP contribution in [-0.2, 0) is 0 Å². The Labute approximate surface area is 159 Å². The maximum Gasteiger partial charge on any atom is 0.274 e. The Balaban J connectivity index is 1.73. The molecule has 1 aromatic carbocycles. The molecule has 0 spiro atoms. The lowest BCUT2D eigenvalue weighted by molar-refractivity contribution is 0.0711. The Morgan fingerprint density at radius 3 is 2.46 bits per heavy atom. The van der Waals surface area contributed by atoms with Crippen LogP contribution in [0.25, 0.3) is 0 Å². The molecule has 26 heavy (non-hydrogen) atoms. The van der Waals surface area contributed by atoms with E-state index in [-0.39, 0.29) is 11.9 Å². The van der Waals surface area contributed by atoms with Crippen LogP contribution in [-0.4, -0.2) is 26.6 Å². The van der Waals surface area contributed by atoms with E-state index < -0.39 is 0 Å². The molecule has 1 atom stereocenters. The minimum atomic E-state index is -0.166. The van der Waals surface area contributed by atoms with E-state index in [1.807, 2.05) is 42.5 Å². The minimum absolute atomic E-state index is 0.147. The molecule has 0 fully saturated rings. The number of benzene rings is 1. The first kappa shape index (κ1) is 16.6. The summed E-state index contributed by atoms with van der Waals surface area (Å²) in [5.74, 6) is -0.147. The van der Waals surface area contributed by atoms with E-state index in [0.717, 1.165) is 21.4 Å². The van der Waals surface area contributed by atoms with Crippen LogP contribution < -0.4 is 0 Å². The zero-order chi connectivity index (χ0) is 17.9. The quantitative estimate of drug-likeness (QED) is 0.653. The summed E-state index contributed by atoms with van der Waals surface area (Å²) in [6, 6.07) is 16.9. The summed E-state index contributed by atoms with van der Waals surface area (Å²) >= 11 is 3.46. The van der Waals surface area contributed by atoms with Gasteiger partial charge >= 0.3 is 0 Å². The topological polar surface area (TPSA) is 58.5 Å². The van der Waals surface area contributed by atoms with Crippen LogP contribution in [0.3, 0.4) is 0 Å². The number of amides is 1. The fourth-order valence-corrected chi connectivity index (χ4v) is 3.22. The maximum atomic E-state index is 13.0. The van der Waals surface area contributed by atoms with E-state index in [0.29, 0.717) is 12.0 Å². The molecule has 6 heteroatoms. The van der Waals surface area contributed by atoms with Crippen molar-refractivity contribution < 1.29 is 4.79 Å². The Morgan fingerprint density at radius 2 is 1.77 bits per heavy atom. The third-order valence-corrected chi connectivity index (χ3v) is 4.79. The predicted octanol–water partition coefficient (Wildman–Crippen LogP) is 4.23. The molecule has 0 radical (unpaired) electrons. The Morgan fingerprint density at radius 1 is 1.00 bits per heavy atom. The highest BCUT2D eigenvalue weighted by Crippen LogP contribution is 2.34. The zero-order valence-corrected chi connectivity index (χ0v) is 15.4. The Bertz CT molecular complexity index is 943. The SMILES string of the molecule is O=C(c1ccncc1)N1N=C(c2ccccn2)CC1c1ccc(Br)cc1. The van der Waals surface area contributed by atoms with Gasteiger partial charge in [0.05, 0.1) is 17.4 Å². The first-order valence-electron chi connectivity index (χ1n) is 8.20. The number of aromatic nitrogens is 2. The van der Waals surface area contributed by atoms with Crippen molar-refractivity contribution >= 4 is 27.5 Å². The Kier molecular flexibility index (Phi) is 4.58. The Hall–Kier alpha value is -2.86. The molecule has 3 heterocycles. The van der Waals surface area contributed by atoms with Crippen molar-refractivity contribution in [3.63, 3.8) is 0 Å². The lowest BCUT2D eigenvalue weighted by atomic mass is 10.00. The average Bonchev–Trinajstić information content (AvgIpc) is 3.15. The molecule has 0 N–H and O–H groups in total. The van der Waals surface area contributed by atoms with E-state index in [4.69, 9.17) is 0 Å². The van der Waals surface area contributed by atoms with E-state index in [2.05, 4.69) is 31.0 Å². The van der Waals surface area contributed by atoms with Gasteiger partial charge in [-0.3, -0.25) is 14.8 Å². The number of carbonyl (C=O) groups excluding carboxylic acids is 1. The van der Waals surface area contributed by atoms with E-state index >= 15 is 0 Å². The summed E-state index contributed by atoms with van der Waals surface area (Å²) < 4.78 is 0.997. The van der Waals surface area contributed by atoms with Gasteiger partial charge in [-0.2, -0.15) is 5.10 Å². The largest absolute Gasteiger partial charge is 0.274 e. The van der Waals surface area contributed by atoms with Crippen molar-refractivity contribution in [2.45, 2.75) is 12.5 Å². The van der Waals surface area contributed by atoms with Gasteiger partial charge in [0.15, 0.2) is 0 Å². The monoisotopic (exact) mass is 406 g/mol. The highest BCUT2D eigenvalue weighted by Gasteiger charge is 2.34. The van der Waals surface area contributed by atoms with Crippen LogP contribution in [0.1, 0.15) is 34.1 Å². The molecule has 1 amide bonds. The standard InChI is InChI=1S/C20H15BrN4O/c21-16-6-4-14(5-7-16)19-13-18(17-3-1-2-10-23-17)24-25(19)20(26)15-8-11-22-12-9-15/h1-12,19H,13H2. The summed E-state index contributed by atoms with van der Waals surface area (Å²) in [6.07, 6.45) is 5.58. The molecule has 0 aliphatic carbocycles. The van der Waals surface area contributed by atoms with Gasteiger partial charge in [-0.15, -0.1) is 0 Å². The van der Waals surface area contributed by atoms with Gasteiger partial charge < -0.3 is 0 Å². The maximum absolute atomic E-state index is 13.0. The van der Waals surface area contributed by atoms with Crippen LogP contribution in [0.4, 0.5) is 0 Å². The molecule has 1 aliphatic heterocycles. The molecular formula is C20H15BrN4O. The minimum Gasteiger partial charge on any atom is -0.267 e. The molecule has 0 saturated heterocycles. The molecule has 128 valence electrons. The fraction of sp³-hybridized carbons (Fsp3) is 0.100. The lowest BCUT2D eigenvalue weighted by Gasteiger charge is -2.22. The predicted molar refractivity (Wildman–Crippen MR) is 103 cm³/mol. The van der Waals surface area contributed by atoms with Gasteiger partial charge in [-0.25, -0.2) is 5.01 Å². The second-order valence-electron chi connectivity index (χ2n) is 5.92. The highest BCUT2D eigenvalue weighted by molar-refractivity contribution is 9.10. The highest BCUT2D eigenvalue weighted by atomic mass is 79.9. The van der Waals surface area contributed by atoms with Crippen molar-refractivity contribution in [2.24, 2.45) is 5.10 Å². The number of halogens is 1. The molecule has 0 bridgehead atoms. The van der Waals surface area contributed by atoms with Crippen molar-refractivity contribution in [1.29, 1.82) is 0 Å². The summed E-state index contributed by atoms with van der Waals surface area (Å²) in [6.45, 7) is 0. The number of pyridine rings is 2. The number of hydrogen-bond donors (Lipinski definition) is 0. The zero-order valence-electron chi connectivity index (χ0n) is 13.8. The smallest absolute Gasteiger partial charge is 0.267 e. The third kappa shape index (κ3) is 3.28. The summed E-state index contributed by atoms with van der Waals surface area (Å²) in [7, 11) is 0. The number of rotatable bonds is 3. The molecule has 4 rings (SSSR count). The van der Waals surface area contributed by atoms with Crippen LogP contribution in [0.2, 0.25) is 0 Å². The summed E-state index contributed by atoms with van der Waals surface area (Å²) in [5, 5.41) is 6.18. The van der Waals surface area contributed by atoms with Crippen molar-refractivity contribution in [1.82, 2.24) is 15.0 Å². The summed E-state index contributed by atoms with van der Waals surface area (Å²) in [4.78, 5) is 21.4. The molecule has 3 aromatic rings. The lowest BCUT2D eigenvalue weighted by Crippen LogP contribution is -2.27. The molecule has 1 aliphatic rings. The summed E-state index contributed by atoms with van der Waals surface area (Å²) in [5.41, 5.74) is 3.19. The second kappa shape index (κ2) is 7.17. The van der Waals surface area contributed by atoms with Crippen molar-refractivity contribution in [3.05, 3.63) is 94.5 Å². The second-order valence-corrected chi connectivity index (χ2v) is 6.83. The van der Waals surface area contributed by atoms with Crippen molar-refractivity contribution in [3.8, 4) is 0 Å². The van der Waals surface area contributed by atoms with E-state index in [1.54, 1.807) is 35.7 Å². The van der Waals surface area contributed by atoms with Crippen LogP contribution in [0, 0.1) is 0 Å². The van der Waals surface area contributed by atoms with Gasteiger partial charge in [0, 0.05) is 35.0 Å². The molecule has 2 aromatic heterocycles. The van der Waals surface area contributed by atoms with Gasteiger partial charge in [0.25, 0.3) is 5.91 Å². The molecule has 5 nitrogen and oxygen atoms in total. The van der Waals surface area contributed by atoms with Crippen LogP contribution >= 0.6 is 15.9 Å².